The van der Waals surface area contributed by atoms with Crippen molar-refractivity contribution in [1.82, 2.24) is 4.98 Å². The Morgan fingerprint density at radius 1 is 1.62 bits per heavy atom. The minimum Gasteiger partial charge on any atom is -0.388 e. The second kappa shape index (κ2) is 5.20. The lowest BCUT2D eigenvalue weighted by Crippen LogP contribution is -1.98. The lowest BCUT2D eigenvalue weighted by Gasteiger charge is -2.10. The van der Waals surface area contributed by atoms with Crippen LogP contribution in [0.15, 0.2) is 18.5 Å². The molecule has 3 heteroatoms. The zero-order valence-electron chi connectivity index (χ0n) is 7.70. The van der Waals surface area contributed by atoms with Gasteiger partial charge in [0.1, 0.15) is 0 Å². The van der Waals surface area contributed by atoms with Crippen LogP contribution in [0.4, 0.5) is 0 Å². The first kappa shape index (κ1) is 10.5. The molecule has 1 rings (SSSR count). The molecule has 0 aliphatic carbocycles. The molecule has 1 N–H and O–H groups in total. The van der Waals surface area contributed by atoms with Crippen molar-refractivity contribution in [1.29, 1.82) is 0 Å². The maximum Gasteiger partial charge on any atom is 0.0819 e. The Balaban J connectivity index is 2.65. The molecule has 1 aromatic rings. The van der Waals surface area contributed by atoms with E-state index in [0.29, 0.717) is 5.02 Å². The number of pyridine rings is 1. The molecule has 0 saturated heterocycles. The Bertz CT molecular complexity index is 265. The average molecular weight is 200 g/mol. The number of hydrogen-bond donors (Lipinski definition) is 1. The molecule has 0 spiro atoms. The molecular formula is C10H14ClNO. The lowest BCUT2D eigenvalue weighted by molar-refractivity contribution is 0.164. The first-order valence-corrected chi connectivity index (χ1v) is 4.91. The van der Waals surface area contributed by atoms with Crippen LogP contribution in [0.3, 0.4) is 0 Å². The van der Waals surface area contributed by atoms with Gasteiger partial charge in [0.2, 0.25) is 0 Å². The molecule has 0 aliphatic rings. The van der Waals surface area contributed by atoms with E-state index in [1.165, 1.54) is 0 Å². The summed E-state index contributed by atoms with van der Waals surface area (Å²) in [6.07, 6.45) is 5.62. The van der Waals surface area contributed by atoms with Crippen LogP contribution in [-0.4, -0.2) is 10.1 Å². The van der Waals surface area contributed by atoms with Gasteiger partial charge < -0.3 is 5.11 Å². The van der Waals surface area contributed by atoms with Crippen molar-refractivity contribution in [2.24, 2.45) is 0 Å². The van der Waals surface area contributed by atoms with Crippen LogP contribution in [0.5, 0.6) is 0 Å². The van der Waals surface area contributed by atoms with E-state index in [9.17, 15) is 5.11 Å². The molecule has 2 nitrogen and oxygen atoms in total. The summed E-state index contributed by atoms with van der Waals surface area (Å²) < 4.78 is 0. The molecule has 0 aromatic carbocycles. The molecule has 0 unspecified atom stereocenters. The molecule has 72 valence electrons. The fraction of sp³-hybridized carbons (Fsp3) is 0.500. The van der Waals surface area contributed by atoms with E-state index < -0.39 is 6.10 Å². The van der Waals surface area contributed by atoms with Crippen molar-refractivity contribution >= 4 is 11.6 Å². The van der Waals surface area contributed by atoms with Gasteiger partial charge in [0.25, 0.3) is 0 Å². The van der Waals surface area contributed by atoms with E-state index in [4.69, 9.17) is 11.6 Å². The second-order valence-electron chi connectivity index (χ2n) is 3.06. The maximum absolute atomic E-state index is 9.71. The Morgan fingerprint density at radius 3 is 3.00 bits per heavy atom. The predicted molar refractivity (Wildman–Crippen MR) is 53.7 cm³/mol. The molecule has 1 heterocycles. The fourth-order valence-electron chi connectivity index (χ4n) is 1.19. The molecule has 0 radical (unpaired) electrons. The molecular weight excluding hydrogens is 186 g/mol. The van der Waals surface area contributed by atoms with E-state index >= 15 is 0 Å². The molecule has 1 aromatic heterocycles. The van der Waals surface area contributed by atoms with Gasteiger partial charge in [-0.25, -0.2) is 0 Å². The van der Waals surface area contributed by atoms with Gasteiger partial charge in [0.05, 0.1) is 6.10 Å². The van der Waals surface area contributed by atoms with Gasteiger partial charge in [-0.15, -0.1) is 0 Å². The Kier molecular flexibility index (Phi) is 4.19. The first-order chi connectivity index (χ1) is 6.25. The summed E-state index contributed by atoms with van der Waals surface area (Å²) in [6.45, 7) is 2.09. The van der Waals surface area contributed by atoms with Crippen molar-refractivity contribution in [3.05, 3.63) is 29.0 Å². The molecule has 0 aliphatic heterocycles. The molecule has 1 atom stereocenters. The topological polar surface area (TPSA) is 33.1 Å². The normalized spacial score (nSPS) is 12.8. The standard InChI is InChI=1S/C10H14ClNO/c1-2-3-4-10(13)8-7-12-6-5-9(8)11/h5-7,10,13H,2-4H2,1H3/t10-/m1/s1. The van der Waals surface area contributed by atoms with Crippen LogP contribution in [-0.2, 0) is 0 Å². The minimum absolute atomic E-state index is 0.471. The SMILES string of the molecule is CCCC[C@@H](O)c1cnccc1Cl. The predicted octanol–water partition coefficient (Wildman–Crippen LogP) is 2.96. The van der Waals surface area contributed by atoms with Gasteiger partial charge in [-0.05, 0) is 12.5 Å². The molecule has 0 fully saturated rings. The van der Waals surface area contributed by atoms with Crippen LogP contribution < -0.4 is 0 Å². The number of hydrogen-bond acceptors (Lipinski definition) is 2. The quantitative estimate of drug-likeness (QED) is 0.809. The Hall–Kier alpha value is -0.600. The smallest absolute Gasteiger partial charge is 0.0819 e. The van der Waals surface area contributed by atoms with Crippen LogP contribution >= 0.6 is 11.6 Å². The highest BCUT2D eigenvalue weighted by Gasteiger charge is 2.10. The number of aromatic nitrogens is 1. The third-order valence-electron chi connectivity index (χ3n) is 1.99. The van der Waals surface area contributed by atoms with E-state index in [2.05, 4.69) is 11.9 Å². The lowest BCUT2D eigenvalue weighted by atomic mass is 10.1. The molecule has 0 saturated carbocycles. The maximum atomic E-state index is 9.71. The van der Waals surface area contributed by atoms with Crippen LogP contribution in [0, 0.1) is 0 Å². The summed E-state index contributed by atoms with van der Waals surface area (Å²) >= 11 is 5.90. The highest BCUT2D eigenvalue weighted by molar-refractivity contribution is 6.31. The second-order valence-corrected chi connectivity index (χ2v) is 3.46. The van der Waals surface area contributed by atoms with Gasteiger partial charge in [-0.2, -0.15) is 0 Å². The third-order valence-corrected chi connectivity index (χ3v) is 2.33. The van der Waals surface area contributed by atoms with Crippen LogP contribution in [0.1, 0.15) is 37.9 Å². The van der Waals surface area contributed by atoms with Crippen molar-refractivity contribution < 1.29 is 5.11 Å². The molecule has 0 bridgehead atoms. The summed E-state index contributed by atoms with van der Waals surface area (Å²) in [7, 11) is 0. The van der Waals surface area contributed by atoms with Crippen LogP contribution in [0.25, 0.3) is 0 Å². The number of nitrogens with zero attached hydrogens (tertiary/aromatic N) is 1. The van der Waals surface area contributed by atoms with Crippen molar-refractivity contribution in [3.8, 4) is 0 Å². The van der Waals surface area contributed by atoms with Crippen LogP contribution in [0.2, 0.25) is 5.02 Å². The summed E-state index contributed by atoms with van der Waals surface area (Å²) in [5, 5.41) is 10.3. The van der Waals surface area contributed by atoms with E-state index in [1.54, 1.807) is 18.5 Å². The number of rotatable bonds is 4. The largest absolute Gasteiger partial charge is 0.388 e. The summed E-state index contributed by atoms with van der Waals surface area (Å²) in [6, 6.07) is 1.70. The fourth-order valence-corrected chi connectivity index (χ4v) is 1.42. The number of halogens is 1. The van der Waals surface area contributed by atoms with Gasteiger partial charge in [-0.3, -0.25) is 4.98 Å². The number of aliphatic hydroxyl groups is 1. The molecule has 13 heavy (non-hydrogen) atoms. The first-order valence-electron chi connectivity index (χ1n) is 4.53. The monoisotopic (exact) mass is 199 g/mol. The number of aliphatic hydroxyl groups excluding tert-OH is 1. The van der Waals surface area contributed by atoms with E-state index in [-0.39, 0.29) is 0 Å². The average Bonchev–Trinajstić information content (AvgIpc) is 2.15. The number of unbranched alkanes of at least 4 members (excludes halogenated alkanes) is 1. The summed E-state index contributed by atoms with van der Waals surface area (Å²) in [4.78, 5) is 3.93. The van der Waals surface area contributed by atoms with Gasteiger partial charge in [0.15, 0.2) is 0 Å². The van der Waals surface area contributed by atoms with Crippen molar-refractivity contribution in [2.75, 3.05) is 0 Å². The Labute approximate surface area is 83.6 Å². The minimum atomic E-state index is -0.471. The Morgan fingerprint density at radius 2 is 2.38 bits per heavy atom. The van der Waals surface area contributed by atoms with E-state index in [0.717, 1.165) is 24.8 Å². The zero-order chi connectivity index (χ0) is 9.68. The third kappa shape index (κ3) is 2.98. The van der Waals surface area contributed by atoms with E-state index in [1.807, 2.05) is 0 Å². The summed E-state index contributed by atoms with van der Waals surface area (Å²) in [5.41, 5.74) is 0.734. The van der Waals surface area contributed by atoms with Crippen molar-refractivity contribution in [2.45, 2.75) is 32.3 Å². The van der Waals surface area contributed by atoms with Gasteiger partial charge >= 0.3 is 0 Å². The van der Waals surface area contributed by atoms with Gasteiger partial charge in [-0.1, -0.05) is 31.4 Å². The zero-order valence-corrected chi connectivity index (χ0v) is 8.46. The molecule has 0 amide bonds. The highest BCUT2D eigenvalue weighted by Crippen LogP contribution is 2.24. The summed E-state index contributed by atoms with van der Waals surface area (Å²) in [5.74, 6) is 0. The van der Waals surface area contributed by atoms with Crippen molar-refractivity contribution in [3.63, 3.8) is 0 Å². The highest BCUT2D eigenvalue weighted by atomic mass is 35.5. The van der Waals surface area contributed by atoms with Gasteiger partial charge in [0, 0.05) is 23.0 Å².